The van der Waals surface area contributed by atoms with E-state index in [1.165, 1.54) is 0 Å². The van der Waals surface area contributed by atoms with Gasteiger partial charge in [0.1, 0.15) is 11.6 Å². The number of furan rings is 1. The molecule has 2 aromatic rings. The second-order valence-corrected chi connectivity index (χ2v) is 4.32. The topological polar surface area (TPSA) is 61.9 Å². The zero-order valence-electron chi connectivity index (χ0n) is 10.5. The molecule has 0 amide bonds. The third-order valence-electron chi connectivity index (χ3n) is 2.56. The first-order valence-electron chi connectivity index (χ1n) is 5.85. The first-order valence-corrected chi connectivity index (χ1v) is 5.85. The van der Waals surface area contributed by atoms with E-state index in [2.05, 4.69) is 23.3 Å². The van der Waals surface area contributed by atoms with Crippen molar-refractivity contribution in [2.45, 2.75) is 26.3 Å². The Morgan fingerprint density at radius 3 is 3.00 bits per heavy atom. The second kappa shape index (κ2) is 5.37. The lowest BCUT2D eigenvalue weighted by Gasteiger charge is -2.13. The molecule has 2 aromatic heterocycles. The number of aryl methyl sites for hydroxylation is 1. The van der Waals surface area contributed by atoms with Crippen molar-refractivity contribution in [2.24, 2.45) is 0 Å². The molecule has 92 valence electrons. The highest BCUT2D eigenvalue weighted by molar-refractivity contribution is 5.44. The van der Waals surface area contributed by atoms with Crippen LogP contribution in [-0.4, -0.2) is 11.0 Å². The molecular weight excluding hydrogens is 226 g/mol. The van der Waals surface area contributed by atoms with Crippen LogP contribution in [0.25, 0.3) is 0 Å². The molecule has 1 unspecified atom stereocenters. The minimum atomic E-state index is 0.192. The average Bonchev–Trinajstić information content (AvgIpc) is 2.80. The molecule has 0 radical (unpaired) electrons. The Morgan fingerprint density at radius 2 is 2.33 bits per heavy atom. The molecule has 18 heavy (non-hydrogen) atoms. The van der Waals surface area contributed by atoms with E-state index in [1.54, 1.807) is 18.4 Å². The standard InChI is InChI=1S/C14H15N3O/c1-10-6-12(9-15)8-14(16-10)17-11(2)7-13-4-3-5-18-13/h3-6,8,11H,7H2,1-2H3,(H,16,17). The fraction of sp³-hybridized carbons (Fsp3) is 0.286. The van der Waals surface area contributed by atoms with E-state index in [0.29, 0.717) is 5.56 Å². The van der Waals surface area contributed by atoms with Crippen LogP contribution in [0.3, 0.4) is 0 Å². The highest BCUT2D eigenvalue weighted by Crippen LogP contribution is 2.12. The molecule has 0 fully saturated rings. The van der Waals surface area contributed by atoms with E-state index in [9.17, 15) is 0 Å². The molecule has 0 aliphatic rings. The summed E-state index contributed by atoms with van der Waals surface area (Å²) in [7, 11) is 0. The SMILES string of the molecule is Cc1cc(C#N)cc(NC(C)Cc2ccco2)n1. The van der Waals surface area contributed by atoms with Crippen LogP contribution in [0.1, 0.15) is 23.9 Å². The van der Waals surface area contributed by atoms with Crippen LogP contribution in [0.4, 0.5) is 5.82 Å². The minimum Gasteiger partial charge on any atom is -0.469 e. The molecule has 4 heteroatoms. The molecule has 0 aliphatic carbocycles. The molecular formula is C14H15N3O. The van der Waals surface area contributed by atoms with Gasteiger partial charge in [0.05, 0.1) is 17.9 Å². The van der Waals surface area contributed by atoms with Gasteiger partial charge >= 0.3 is 0 Å². The number of nitriles is 1. The Bertz CT molecular complexity index is 555. The van der Waals surface area contributed by atoms with Gasteiger partial charge in [-0.1, -0.05) is 0 Å². The summed E-state index contributed by atoms with van der Waals surface area (Å²) in [5.74, 6) is 1.66. The predicted molar refractivity (Wildman–Crippen MR) is 69.2 cm³/mol. The Morgan fingerprint density at radius 1 is 1.50 bits per heavy atom. The van der Waals surface area contributed by atoms with Gasteiger partial charge in [-0.2, -0.15) is 5.26 Å². The average molecular weight is 241 g/mol. The van der Waals surface area contributed by atoms with Crippen molar-refractivity contribution in [3.8, 4) is 6.07 Å². The van der Waals surface area contributed by atoms with E-state index in [4.69, 9.17) is 9.68 Å². The number of hydrogen-bond acceptors (Lipinski definition) is 4. The van der Waals surface area contributed by atoms with E-state index in [1.807, 2.05) is 19.1 Å². The molecule has 1 atom stereocenters. The van der Waals surface area contributed by atoms with Gasteiger partial charge in [-0.15, -0.1) is 0 Å². The molecule has 0 spiro atoms. The van der Waals surface area contributed by atoms with E-state index >= 15 is 0 Å². The highest BCUT2D eigenvalue weighted by Gasteiger charge is 2.07. The van der Waals surface area contributed by atoms with E-state index < -0.39 is 0 Å². The number of nitrogens with one attached hydrogen (secondary N) is 1. The fourth-order valence-electron chi connectivity index (χ4n) is 1.84. The van der Waals surface area contributed by atoms with Crippen LogP contribution in [0.5, 0.6) is 0 Å². The summed E-state index contributed by atoms with van der Waals surface area (Å²) >= 11 is 0. The first-order chi connectivity index (χ1) is 8.67. The zero-order chi connectivity index (χ0) is 13.0. The summed E-state index contributed by atoms with van der Waals surface area (Å²) in [5.41, 5.74) is 1.46. The van der Waals surface area contributed by atoms with Crippen molar-refractivity contribution >= 4 is 5.82 Å². The molecule has 0 aromatic carbocycles. The third kappa shape index (κ3) is 3.11. The maximum atomic E-state index is 8.91. The smallest absolute Gasteiger partial charge is 0.127 e. The van der Waals surface area contributed by atoms with Crippen LogP contribution >= 0.6 is 0 Å². The number of anilines is 1. The summed E-state index contributed by atoms with van der Waals surface area (Å²) in [5, 5.41) is 12.2. The monoisotopic (exact) mass is 241 g/mol. The lowest BCUT2D eigenvalue weighted by atomic mass is 10.2. The Balaban J connectivity index is 2.05. The minimum absolute atomic E-state index is 0.192. The van der Waals surface area contributed by atoms with Crippen LogP contribution < -0.4 is 5.32 Å². The lowest BCUT2D eigenvalue weighted by Crippen LogP contribution is -2.18. The van der Waals surface area contributed by atoms with Gasteiger partial charge in [-0.25, -0.2) is 4.98 Å². The quantitative estimate of drug-likeness (QED) is 0.894. The molecule has 1 N–H and O–H groups in total. The van der Waals surface area contributed by atoms with Crippen molar-refractivity contribution < 1.29 is 4.42 Å². The number of nitrogens with zero attached hydrogens (tertiary/aromatic N) is 2. The van der Waals surface area contributed by atoms with Crippen molar-refractivity contribution in [2.75, 3.05) is 5.32 Å². The van der Waals surface area contributed by atoms with Gasteiger partial charge in [-0.05, 0) is 38.1 Å². The largest absolute Gasteiger partial charge is 0.469 e. The van der Waals surface area contributed by atoms with Gasteiger partial charge in [0.25, 0.3) is 0 Å². The van der Waals surface area contributed by atoms with Crippen LogP contribution in [0.15, 0.2) is 34.9 Å². The zero-order valence-corrected chi connectivity index (χ0v) is 10.5. The van der Waals surface area contributed by atoms with Crippen LogP contribution in [0.2, 0.25) is 0 Å². The number of hydrogen-bond donors (Lipinski definition) is 1. The summed E-state index contributed by atoms with van der Waals surface area (Å²) in [4.78, 5) is 4.36. The van der Waals surface area contributed by atoms with Crippen molar-refractivity contribution in [1.29, 1.82) is 5.26 Å². The maximum Gasteiger partial charge on any atom is 0.127 e. The molecule has 2 rings (SSSR count). The number of rotatable bonds is 4. The molecule has 0 saturated heterocycles. The Hall–Kier alpha value is -2.28. The van der Waals surface area contributed by atoms with Gasteiger partial charge in [0.2, 0.25) is 0 Å². The van der Waals surface area contributed by atoms with Crippen molar-refractivity contribution in [3.63, 3.8) is 0 Å². The van der Waals surface area contributed by atoms with Gasteiger partial charge < -0.3 is 9.73 Å². The molecule has 4 nitrogen and oxygen atoms in total. The third-order valence-corrected chi connectivity index (χ3v) is 2.56. The summed E-state index contributed by atoms with van der Waals surface area (Å²) < 4.78 is 5.30. The lowest BCUT2D eigenvalue weighted by molar-refractivity contribution is 0.497. The van der Waals surface area contributed by atoms with Crippen LogP contribution in [-0.2, 0) is 6.42 Å². The first kappa shape index (κ1) is 12.2. The normalized spacial score (nSPS) is 11.8. The molecule has 2 heterocycles. The summed E-state index contributed by atoms with van der Waals surface area (Å²) in [6, 6.07) is 9.66. The van der Waals surface area contributed by atoms with E-state index in [-0.39, 0.29) is 6.04 Å². The van der Waals surface area contributed by atoms with Gasteiger partial charge in [0, 0.05) is 18.2 Å². The molecule has 0 aliphatic heterocycles. The van der Waals surface area contributed by atoms with Crippen molar-refractivity contribution in [1.82, 2.24) is 4.98 Å². The van der Waals surface area contributed by atoms with Crippen molar-refractivity contribution in [3.05, 3.63) is 47.5 Å². The van der Waals surface area contributed by atoms with Crippen LogP contribution in [0, 0.1) is 18.3 Å². The van der Waals surface area contributed by atoms with Gasteiger partial charge in [-0.3, -0.25) is 0 Å². The molecule has 0 bridgehead atoms. The fourth-order valence-corrected chi connectivity index (χ4v) is 1.84. The van der Waals surface area contributed by atoms with Gasteiger partial charge in [0.15, 0.2) is 0 Å². The Kier molecular flexibility index (Phi) is 3.63. The number of aromatic nitrogens is 1. The Labute approximate surface area is 106 Å². The predicted octanol–water partition coefficient (Wildman–Crippen LogP) is 2.90. The summed E-state index contributed by atoms with van der Waals surface area (Å²) in [6.07, 6.45) is 2.45. The summed E-state index contributed by atoms with van der Waals surface area (Å²) in [6.45, 7) is 3.93. The van der Waals surface area contributed by atoms with E-state index in [0.717, 1.165) is 23.7 Å². The highest BCUT2D eigenvalue weighted by atomic mass is 16.3. The number of pyridine rings is 1. The second-order valence-electron chi connectivity index (χ2n) is 4.32. The molecule has 0 saturated carbocycles. The maximum absolute atomic E-state index is 8.91.